The molecule has 0 bridgehead atoms. The van der Waals surface area contributed by atoms with E-state index in [1.165, 1.54) is 92.7 Å². The second-order valence-corrected chi connectivity index (χ2v) is 15.9. The Morgan fingerprint density at radius 2 is 0.651 bits per heavy atom. The summed E-state index contributed by atoms with van der Waals surface area (Å²) >= 11 is 0. The quantitative estimate of drug-likeness (QED) is 0.0937. The number of hydrogen-bond acceptors (Lipinski definition) is 2. The summed E-state index contributed by atoms with van der Waals surface area (Å²) in [6.07, 6.45) is 0. The van der Waals surface area contributed by atoms with E-state index in [-0.39, 0.29) is 0 Å². The number of rotatable bonds is 6. The fraction of sp³-hybridized carbons (Fsp3) is 0.115. The van der Waals surface area contributed by atoms with Crippen LogP contribution in [0.3, 0.4) is 0 Å². The van der Waals surface area contributed by atoms with Crippen molar-refractivity contribution in [2.45, 2.75) is 48.5 Å². The Labute approximate surface area is 372 Å². The summed E-state index contributed by atoms with van der Waals surface area (Å²) in [5, 5.41) is 14.7. The van der Waals surface area contributed by atoms with Crippen molar-refractivity contribution in [1.82, 2.24) is 0 Å². The van der Waals surface area contributed by atoms with Crippen LogP contribution in [0.2, 0.25) is 0 Å². The van der Waals surface area contributed by atoms with Gasteiger partial charge in [-0.2, -0.15) is 0 Å². The molecule has 0 amide bonds. The molecular weight excluding hydrogens is 761 g/mol. The average molecular weight is 815 g/mol. The van der Waals surface area contributed by atoms with E-state index in [1.54, 1.807) is 0 Å². The Hall–Kier alpha value is -7.42. The van der Waals surface area contributed by atoms with Crippen LogP contribution in [-0.4, -0.2) is 0 Å². The van der Waals surface area contributed by atoms with Gasteiger partial charge in [0.05, 0.1) is 22.7 Å². The molecule has 0 aliphatic rings. The Bertz CT molecular complexity index is 3420. The number of aryl methyl sites for hydroxylation is 3. The highest BCUT2D eigenvalue weighted by atomic mass is 15.2. The maximum absolute atomic E-state index is 2.52. The molecule has 0 aliphatic carbocycles. The van der Waals surface area contributed by atoms with Crippen molar-refractivity contribution in [1.29, 1.82) is 0 Å². The van der Waals surface area contributed by atoms with Crippen LogP contribution < -0.4 is 9.80 Å². The SMILES string of the molecule is CC.CC.Cc1ccc2c(N(c3ccccc3)c3cccc4c3ccc3ccccc34)c3cc(C)c(C)cc3c(N(c3ccccc3)c3cccc4c3ccc3ccccc34)c2c1. The molecular formula is C61H54N2. The first-order valence-corrected chi connectivity index (χ1v) is 22.5. The first-order chi connectivity index (χ1) is 31.0. The zero-order valence-corrected chi connectivity index (χ0v) is 37.4. The molecule has 0 saturated heterocycles. The van der Waals surface area contributed by atoms with Gasteiger partial charge in [-0.25, -0.2) is 0 Å². The first kappa shape index (κ1) is 41.0. The third-order valence-electron chi connectivity index (χ3n) is 12.3. The lowest BCUT2D eigenvalue weighted by Crippen LogP contribution is -2.15. The van der Waals surface area contributed by atoms with Gasteiger partial charge in [-0.15, -0.1) is 0 Å². The van der Waals surface area contributed by atoms with Crippen LogP contribution in [0.1, 0.15) is 44.4 Å². The second-order valence-electron chi connectivity index (χ2n) is 15.9. The van der Waals surface area contributed by atoms with E-state index in [4.69, 9.17) is 0 Å². The summed E-state index contributed by atoms with van der Waals surface area (Å²) in [5.74, 6) is 0. The lowest BCUT2D eigenvalue weighted by Gasteiger charge is -2.34. The number of nitrogens with zero attached hydrogens (tertiary/aromatic N) is 2. The minimum atomic E-state index is 1.11. The fourth-order valence-electron chi connectivity index (χ4n) is 9.41. The van der Waals surface area contributed by atoms with Gasteiger partial charge in [-0.05, 0) is 119 Å². The van der Waals surface area contributed by atoms with Gasteiger partial charge in [-0.1, -0.05) is 179 Å². The molecule has 2 nitrogen and oxygen atoms in total. The van der Waals surface area contributed by atoms with Crippen LogP contribution in [0, 0.1) is 20.8 Å². The van der Waals surface area contributed by atoms with Crippen LogP contribution in [0.25, 0.3) is 64.6 Å². The van der Waals surface area contributed by atoms with E-state index in [9.17, 15) is 0 Å². The Kier molecular flexibility index (Phi) is 11.4. The first-order valence-electron chi connectivity index (χ1n) is 22.5. The summed E-state index contributed by atoms with van der Waals surface area (Å²) in [7, 11) is 0. The zero-order valence-electron chi connectivity index (χ0n) is 37.4. The Balaban J connectivity index is 0.00000123. The van der Waals surface area contributed by atoms with Crippen molar-refractivity contribution >= 4 is 98.8 Å². The van der Waals surface area contributed by atoms with Gasteiger partial charge in [-0.3, -0.25) is 0 Å². The molecule has 0 spiro atoms. The van der Waals surface area contributed by atoms with Gasteiger partial charge in [0.15, 0.2) is 0 Å². The third-order valence-corrected chi connectivity index (χ3v) is 12.3. The zero-order chi connectivity index (χ0) is 43.6. The van der Waals surface area contributed by atoms with Crippen molar-refractivity contribution in [3.05, 3.63) is 217 Å². The van der Waals surface area contributed by atoms with Crippen molar-refractivity contribution in [3.8, 4) is 0 Å². The smallest absolute Gasteiger partial charge is 0.0620 e. The van der Waals surface area contributed by atoms with Gasteiger partial charge < -0.3 is 9.80 Å². The summed E-state index contributed by atoms with van der Waals surface area (Å²) < 4.78 is 0. The number of benzene rings is 11. The highest BCUT2D eigenvalue weighted by molar-refractivity contribution is 6.26. The molecule has 11 aromatic carbocycles. The molecule has 308 valence electrons. The van der Waals surface area contributed by atoms with Gasteiger partial charge in [0, 0.05) is 43.7 Å². The van der Waals surface area contributed by atoms with Gasteiger partial charge in [0.1, 0.15) is 0 Å². The molecule has 0 unspecified atom stereocenters. The molecule has 0 N–H and O–H groups in total. The Morgan fingerprint density at radius 3 is 1.13 bits per heavy atom. The van der Waals surface area contributed by atoms with E-state index >= 15 is 0 Å². The summed E-state index contributed by atoms with van der Waals surface area (Å²) in [6, 6.07) is 73.9. The minimum absolute atomic E-state index is 1.11. The highest BCUT2D eigenvalue weighted by Gasteiger charge is 2.28. The molecule has 2 heteroatoms. The molecule has 63 heavy (non-hydrogen) atoms. The predicted octanol–water partition coefficient (Wildman–Crippen LogP) is 18.5. The Morgan fingerprint density at radius 1 is 0.270 bits per heavy atom. The van der Waals surface area contributed by atoms with Gasteiger partial charge >= 0.3 is 0 Å². The lowest BCUT2D eigenvalue weighted by molar-refractivity contribution is 1.30. The maximum Gasteiger partial charge on any atom is 0.0620 e. The average Bonchev–Trinajstić information content (AvgIpc) is 3.34. The molecule has 0 aromatic heterocycles. The third kappa shape index (κ3) is 7.12. The van der Waals surface area contributed by atoms with Crippen LogP contribution in [0.15, 0.2) is 200 Å². The van der Waals surface area contributed by atoms with E-state index in [0.29, 0.717) is 0 Å². The second kappa shape index (κ2) is 17.5. The van der Waals surface area contributed by atoms with Crippen molar-refractivity contribution in [2.75, 3.05) is 9.80 Å². The van der Waals surface area contributed by atoms with Crippen molar-refractivity contribution in [2.24, 2.45) is 0 Å². The van der Waals surface area contributed by atoms with Gasteiger partial charge in [0.25, 0.3) is 0 Å². The molecule has 0 aliphatic heterocycles. The summed E-state index contributed by atoms with van der Waals surface area (Å²) in [4.78, 5) is 5.04. The molecule has 0 saturated carbocycles. The van der Waals surface area contributed by atoms with E-state index < -0.39 is 0 Å². The van der Waals surface area contributed by atoms with Crippen LogP contribution in [-0.2, 0) is 0 Å². The molecule has 0 radical (unpaired) electrons. The van der Waals surface area contributed by atoms with Crippen LogP contribution >= 0.6 is 0 Å². The summed E-state index contributed by atoms with van der Waals surface area (Å²) in [6.45, 7) is 14.7. The van der Waals surface area contributed by atoms with E-state index in [2.05, 4.69) is 231 Å². The van der Waals surface area contributed by atoms with E-state index in [0.717, 1.165) is 22.7 Å². The standard InChI is InChI=1S/C57H42N2.2C2H6/c1-37-28-31-50-51(34-37)57(59(43-20-8-5-9-21-43)55-27-15-25-47-45-23-13-11-17-41(45)30-33-49(47)55)53-36-39(3)38(2)35-52(53)56(50)58(42-18-6-4-7-19-42)54-26-14-24-46-44-22-12-10-16-40(44)29-32-48(46)54;2*1-2/h4-36H,1-3H3;2*1-2H3. The normalized spacial score (nSPS) is 11.1. The maximum atomic E-state index is 2.52. The predicted molar refractivity (Wildman–Crippen MR) is 278 cm³/mol. The van der Waals surface area contributed by atoms with Gasteiger partial charge in [0.2, 0.25) is 0 Å². The monoisotopic (exact) mass is 814 g/mol. The minimum Gasteiger partial charge on any atom is -0.309 e. The molecule has 0 heterocycles. The van der Waals surface area contributed by atoms with Crippen molar-refractivity contribution in [3.63, 3.8) is 0 Å². The van der Waals surface area contributed by atoms with Crippen LogP contribution in [0.4, 0.5) is 34.1 Å². The molecule has 0 fully saturated rings. The summed E-state index contributed by atoms with van der Waals surface area (Å²) in [5.41, 5.74) is 10.6. The molecule has 11 rings (SSSR count). The lowest BCUT2D eigenvalue weighted by atomic mass is 9.91. The van der Waals surface area contributed by atoms with Crippen molar-refractivity contribution < 1.29 is 0 Å². The molecule has 11 aromatic rings. The van der Waals surface area contributed by atoms with Crippen LogP contribution in [0.5, 0.6) is 0 Å². The number of fused-ring (bicyclic) bond motifs is 8. The topological polar surface area (TPSA) is 6.48 Å². The number of anilines is 6. The fourth-order valence-corrected chi connectivity index (χ4v) is 9.41. The molecule has 0 atom stereocenters. The largest absolute Gasteiger partial charge is 0.309 e. The van der Waals surface area contributed by atoms with E-state index in [1.807, 2.05) is 27.7 Å². The number of para-hydroxylation sites is 2. The highest BCUT2D eigenvalue weighted by Crippen LogP contribution is 2.53. The number of hydrogen-bond donors (Lipinski definition) is 0.